The second-order valence-electron chi connectivity index (χ2n) is 6.62. The number of benzene rings is 2. The van der Waals surface area contributed by atoms with Gasteiger partial charge in [-0.3, -0.25) is 9.36 Å². The summed E-state index contributed by atoms with van der Waals surface area (Å²) in [4.78, 5) is 29.6. The second kappa shape index (κ2) is 7.75. The van der Waals surface area contributed by atoms with Crippen LogP contribution in [0.3, 0.4) is 0 Å². The number of aromatic nitrogens is 2. The Balaban J connectivity index is 1.72. The molecule has 0 saturated carbocycles. The van der Waals surface area contributed by atoms with Gasteiger partial charge in [-0.1, -0.05) is 36.0 Å². The summed E-state index contributed by atoms with van der Waals surface area (Å²) in [6.45, 7) is 4.16. The van der Waals surface area contributed by atoms with Gasteiger partial charge in [0.25, 0.3) is 5.56 Å². The number of hydrogen-bond acceptors (Lipinski definition) is 6. The molecule has 0 aliphatic carbocycles. The zero-order chi connectivity index (χ0) is 20.5. The third kappa shape index (κ3) is 3.53. The Morgan fingerprint density at radius 2 is 1.93 bits per heavy atom. The number of esters is 1. The maximum atomic E-state index is 13.0. The van der Waals surface area contributed by atoms with Gasteiger partial charge in [-0.2, -0.15) is 0 Å². The molecule has 0 bridgehead atoms. The number of fused-ring (bicyclic) bond motifs is 2. The fourth-order valence-corrected chi connectivity index (χ4v) is 4.28. The van der Waals surface area contributed by atoms with Crippen LogP contribution in [-0.4, -0.2) is 22.6 Å². The molecule has 4 rings (SSSR count). The lowest BCUT2D eigenvalue weighted by molar-refractivity contribution is 0.0599. The molecule has 0 unspecified atom stereocenters. The van der Waals surface area contributed by atoms with Gasteiger partial charge in [0.05, 0.1) is 23.8 Å². The van der Waals surface area contributed by atoms with Crippen molar-refractivity contribution in [1.29, 1.82) is 0 Å². The Bertz CT molecular complexity index is 1290. The molecule has 2 aromatic carbocycles. The van der Waals surface area contributed by atoms with E-state index in [1.807, 2.05) is 43.3 Å². The Morgan fingerprint density at radius 1 is 1.21 bits per heavy atom. The molecule has 0 saturated heterocycles. The highest BCUT2D eigenvalue weighted by molar-refractivity contribution is 7.98. The third-order valence-corrected chi connectivity index (χ3v) is 5.82. The van der Waals surface area contributed by atoms with Crippen LogP contribution in [0.1, 0.15) is 28.8 Å². The molecule has 0 fully saturated rings. The van der Waals surface area contributed by atoms with Gasteiger partial charge in [0, 0.05) is 6.54 Å². The second-order valence-corrected chi connectivity index (χ2v) is 7.57. The first-order valence-corrected chi connectivity index (χ1v) is 10.2. The van der Waals surface area contributed by atoms with Crippen molar-refractivity contribution in [3.63, 3.8) is 0 Å². The first-order chi connectivity index (χ1) is 14.0. The van der Waals surface area contributed by atoms with E-state index in [0.717, 1.165) is 10.8 Å². The molecule has 29 heavy (non-hydrogen) atoms. The number of ether oxygens (including phenoxy) is 1. The lowest BCUT2D eigenvalue weighted by Gasteiger charge is -2.11. The molecular formula is C22H20N2O4S. The molecule has 0 aliphatic rings. The Labute approximate surface area is 171 Å². The number of hydrogen-bond donors (Lipinski definition) is 0. The molecule has 0 spiro atoms. The summed E-state index contributed by atoms with van der Waals surface area (Å²) in [6.07, 6.45) is 0. The number of rotatable bonds is 5. The van der Waals surface area contributed by atoms with E-state index in [9.17, 15) is 9.59 Å². The van der Waals surface area contributed by atoms with Crippen molar-refractivity contribution in [2.75, 3.05) is 7.11 Å². The van der Waals surface area contributed by atoms with Crippen LogP contribution in [-0.2, 0) is 17.0 Å². The Kier molecular flexibility index (Phi) is 5.15. The number of thioether (sulfide) groups is 1. The Morgan fingerprint density at radius 3 is 2.62 bits per heavy atom. The molecule has 0 radical (unpaired) electrons. The van der Waals surface area contributed by atoms with Gasteiger partial charge in [-0.25, -0.2) is 9.78 Å². The van der Waals surface area contributed by atoms with Crippen molar-refractivity contribution in [3.05, 3.63) is 69.9 Å². The van der Waals surface area contributed by atoms with E-state index in [0.29, 0.717) is 45.4 Å². The summed E-state index contributed by atoms with van der Waals surface area (Å²) in [5, 5.41) is 3.29. The van der Waals surface area contributed by atoms with Crippen LogP contribution in [0, 0.1) is 6.92 Å². The lowest BCUT2D eigenvalue weighted by atomic mass is 10.1. The van der Waals surface area contributed by atoms with E-state index in [1.165, 1.54) is 18.9 Å². The van der Waals surface area contributed by atoms with Gasteiger partial charge in [0.1, 0.15) is 17.1 Å². The summed E-state index contributed by atoms with van der Waals surface area (Å²) in [5.41, 5.74) is 1.03. The highest BCUT2D eigenvalue weighted by atomic mass is 32.2. The SMILES string of the molecule is CCn1c(SCc2cc(C(=O)OC)c(C)o2)nc2cc3ccccc3cc2c1=O. The summed E-state index contributed by atoms with van der Waals surface area (Å²) in [5.74, 6) is 1.16. The minimum atomic E-state index is -0.427. The fourth-order valence-electron chi connectivity index (χ4n) is 3.34. The van der Waals surface area contributed by atoms with E-state index in [2.05, 4.69) is 0 Å². The van der Waals surface area contributed by atoms with Gasteiger partial charge in [-0.15, -0.1) is 0 Å². The molecule has 6 nitrogen and oxygen atoms in total. The average molecular weight is 408 g/mol. The monoisotopic (exact) mass is 408 g/mol. The summed E-state index contributed by atoms with van der Waals surface area (Å²) >= 11 is 1.41. The molecule has 0 amide bonds. The molecule has 2 heterocycles. The van der Waals surface area contributed by atoms with Crippen LogP contribution in [0.5, 0.6) is 0 Å². The maximum absolute atomic E-state index is 13.0. The molecule has 0 aliphatic heterocycles. The quantitative estimate of drug-likeness (QED) is 0.209. The fraction of sp³-hybridized carbons (Fsp3) is 0.227. The molecule has 0 N–H and O–H groups in total. The highest BCUT2D eigenvalue weighted by Crippen LogP contribution is 2.26. The number of carbonyl (C=O) groups excluding carboxylic acids is 1. The lowest BCUT2D eigenvalue weighted by Crippen LogP contribution is -2.22. The average Bonchev–Trinajstić information content (AvgIpc) is 3.11. The topological polar surface area (TPSA) is 74.3 Å². The molecule has 2 aromatic heterocycles. The van der Waals surface area contributed by atoms with Crippen LogP contribution in [0.15, 0.2) is 56.8 Å². The zero-order valence-corrected chi connectivity index (χ0v) is 17.2. The smallest absolute Gasteiger partial charge is 0.341 e. The van der Waals surface area contributed by atoms with Crippen molar-refractivity contribution < 1.29 is 13.9 Å². The minimum absolute atomic E-state index is 0.0587. The largest absolute Gasteiger partial charge is 0.465 e. The van der Waals surface area contributed by atoms with Crippen molar-refractivity contribution in [3.8, 4) is 0 Å². The van der Waals surface area contributed by atoms with Crippen molar-refractivity contribution in [2.24, 2.45) is 0 Å². The number of methoxy groups -OCH3 is 1. The predicted molar refractivity (Wildman–Crippen MR) is 114 cm³/mol. The number of carbonyl (C=O) groups is 1. The zero-order valence-electron chi connectivity index (χ0n) is 16.4. The molecule has 7 heteroatoms. The Hall–Kier alpha value is -3.06. The summed E-state index contributed by atoms with van der Waals surface area (Å²) in [7, 11) is 1.34. The van der Waals surface area contributed by atoms with Gasteiger partial charge in [0.2, 0.25) is 0 Å². The van der Waals surface area contributed by atoms with Crippen molar-refractivity contribution in [1.82, 2.24) is 9.55 Å². The van der Waals surface area contributed by atoms with Crippen LogP contribution in [0.2, 0.25) is 0 Å². The maximum Gasteiger partial charge on any atom is 0.341 e. The molecule has 4 aromatic rings. The first kappa shape index (κ1) is 19.3. The van der Waals surface area contributed by atoms with E-state index in [1.54, 1.807) is 17.6 Å². The first-order valence-electron chi connectivity index (χ1n) is 9.25. The minimum Gasteiger partial charge on any atom is -0.465 e. The molecule has 148 valence electrons. The standard InChI is InChI=1S/C22H20N2O4S/c1-4-24-20(25)18-9-14-7-5-6-8-15(14)10-19(18)23-22(24)29-12-16-11-17(13(2)28-16)21(26)27-3/h5-11H,4,12H2,1-3H3. The normalized spacial score (nSPS) is 11.3. The van der Waals surface area contributed by atoms with Crippen molar-refractivity contribution in [2.45, 2.75) is 31.3 Å². The van der Waals surface area contributed by atoms with E-state index in [4.69, 9.17) is 14.1 Å². The van der Waals surface area contributed by atoms with Gasteiger partial charge in [-0.05, 0) is 42.8 Å². The van der Waals surface area contributed by atoms with E-state index < -0.39 is 5.97 Å². The van der Waals surface area contributed by atoms with Gasteiger partial charge >= 0.3 is 5.97 Å². The van der Waals surface area contributed by atoms with Crippen LogP contribution < -0.4 is 5.56 Å². The number of aryl methyl sites for hydroxylation is 1. The van der Waals surface area contributed by atoms with Gasteiger partial charge in [0.15, 0.2) is 5.16 Å². The van der Waals surface area contributed by atoms with E-state index >= 15 is 0 Å². The molecule has 0 atom stereocenters. The number of furan rings is 1. The summed E-state index contributed by atoms with van der Waals surface area (Å²) < 4.78 is 12.1. The van der Waals surface area contributed by atoms with E-state index in [-0.39, 0.29) is 5.56 Å². The summed E-state index contributed by atoms with van der Waals surface area (Å²) in [6, 6.07) is 13.5. The number of nitrogens with zero attached hydrogens (tertiary/aromatic N) is 2. The van der Waals surface area contributed by atoms with Crippen molar-refractivity contribution >= 4 is 39.4 Å². The van der Waals surface area contributed by atoms with Crippen LogP contribution in [0.25, 0.3) is 21.7 Å². The van der Waals surface area contributed by atoms with Crippen LogP contribution >= 0.6 is 11.8 Å². The van der Waals surface area contributed by atoms with Gasteiger partial charge < -0.3 is 9.15 Å². The highest BCUT2D eigenvalue weighted by Gasteiger charge is 2.17. The van der Waals surface area contributed by atoms with Crippen LogP contribution in [0.4, 0.5) is 0 Å². The third-order valence-electron chi connectivity index (χ3n) is 4.82. The molecular weight excluding hydrogens is 388 g/mol. The predicted octanol–water partition coefficient (Wildman–Crippen LogP) is 4.55.